The molecule has 1 aromatic carbocycles. The maximum Gasteiger partial charge on any atom is 0.341 e. The van der Waals surface area contributed by atoms with Gasteiger partial charge in [0.05, 0.1) is 35.5 Å². The van der Waals surface area contributed by atoms with E-state index in [0.29, 0.717) is 22.6 Å². The van der Waals surface area contributed by atoms with E-state index >= 15 is 0 Å². The molecule has 0 saturated carbocycles. The van der Waals surface area contributed by atoms with Gasteiger partial charge in [0.1, 0.15) is 5.69 Å². The molecule has 0 saturated heterocycles. The largest absolute Gasteiger partial charge is 0.462 e. The molecule has 3 heterocycles. The molecule has 29 heavy (non-hydrogen) atoms. The minimum Gasteiger partial charge on any atom is -0.462 e. The summed E-state index contributed by atoms with van der Waals surface area (Å²) in [5.74, 6) is -0.963. The highest BCUT2D eigenvalue weighted by Gasteiger charge is 2.40. The second-order valence-electron chi connectivity index (χ2n) is 6.36. The number of carbonyl (C=O) groups is 3. The summed E-state index contributed by atoms with van der Waals surface area (Å²) < 4.78 is 6.35. The van der Waals surface area contributed by atoms with E-state index < -0.39 is 12.0 Å². The topological polar surface area (TPSA) is 107 Å². The second kappa shape index (κ2) is 7.27. The number of carbonyl (C=O) groups excluding carboxylic acids is 3. The fourth-order valence-corrected chi connectivity index (χ4v) is 3.25. The highest BCUT2D eigenvalue weighted by molar-refractivity contribution is 6.21. The van der Waals surface area contributed by atoms with E-state index in [4.69, 9.17) is 4.74 Å². The molecule has 0 N–H and O–H groups in total. The molecule has 9 heteroatoms. The maximum absolute atomic E-state index is 12.8. The number of aromatic nitrogens is 4. The first-order valence-corrected chi connectivity index (χ1v) is 9.03. The molecular weight excluding hydrogens is 374 g/mol. The lowest BCUT2D eigenvalue weighted by molar-refractivity contribution is 0.0524. The van der Waals surface area contributed by atoms with E-state index in [2.05, 4.69) is 15.1 Å². The van der Waals surface area contributed by atoms with E-state index in [9.17, 15) is 14.4 Å². The van der Waals surface area contributed by atoms with E-state index in [0.717, 1.165) is 4.90 Å². The van der Waals surface area contributed by atoms with Crippen molar-refractivity contribution < 1.29 is 19.1 Å². The zero-order chi connectivity index (χ0) is 20.5. The summed E-state index contributed by atoms with van der Waals surface area (Å²) in [6, 6.07) is 5.98. The quantitative estimate of drug-likeness (QED) is 0.485. The van der Waals surface area contributed by atoms with Crippen molar-refractivity contribution in [2.24, 2.45) is 0 Å². The van der Waals surface area contributed by atoms with Crippen LogP contribution < -0.4 is 0 Å². The van der Waals surface area contributed by atoms with Gasteiger partial charge in [-0.1, -0.05) is 12.1 Å². The molecule has 9 nitrogen and oxygen atoms in total. The third kappa shape index (κ3) is 3.06. The lowest BCUT2D eigenvalue weighted by Crippen LogP contribution is -2.33. The van der Waals surface area contributed by atoms with Gasteiger partial charge in [0.25, 0.3) is 11.8 Å². The molecule has 0 bridgehead atoms. The second-order valence-corrected chi connectivity index (χ2v) is 6.36. The molecule has 1 aliphatic rings. The van der Waals surface area contributed by atoms with Gasteiger partial charge in [-0.3, -0.25) is 19.5 Å². The van der Waals surface area contributed by atoms with E-state index in [1.807, 2.05) is 0 Å². The van der Waals surface area contributed by atoms with Crippen LogP contribution in [-0.4, -0.2) is 49.0 Å². The molecule has 2 aromatic heterocycles. The predicted molar refractivity (Wildman–Crippen MR) is 100 cm³/mol. The Kier molecular flexibility index (Phi) is 4.63. The Balaban J connectivity index is 1.70. The van der Waals surface area contributed by atoms with E-state index in [1.54, 1.807) is 38.1 Å². The summed E-state index contributed by atoms with van der Waals surface area (Å²) in [5.41, 5.74) is 1.36. The smallest absolute Gasteiger partial charge is 0.341 e. The van der Waals surface area contributed by atoms with Gasteiger partial charge in [0.15, 0.2) is 5.82 Å². The standard InChI is InChI=1S/C20H17N5O4/c1-3-29-20(28)13-10-23-24(11-13)17-16(21-8-9-22-17)12(2)25-18(26)14-6-4-5-7-15(14)19(25)27/h4-12H,3H2,1-2H3/t12-/m1/s1. The first-order chi connectivity index (χ1) is 14.0. The van der Waals surface area contributed by atoms with E-state index in [-0.39, 0.29) is 24.0 Å². The molecular formula is C20H17N5O4. The van der Waals surface area contributed by atoms with Gasteiger partial charge in [-0.15, -0.1) is 0 Å². The number of imide groups is 1. The Morgan fingerprint density at radius 2 is 1.76 bits per heavy atom. The number of esters is 1. The van der Waals surface area contributed by atoms with Crippen molar-refractivity contribution in [2.75, 3.05) is 6.61 Å². The summed E-state index contributed by atoms with van der Waals surface area (Å²) in [5, 5.41) is 4.16. The highest BCUT2D eigenvalue weighted by Crippen LogP contribution is 2.31. The molecule has 146 valence electrons. The van der Waals surface area contributed by atoms with Gasteiger partial charge >= 0.3 is 5.97 Å². The van der Waals surface area contributed by atoms with Crippen LogP contribution in [0.5, 0.6) is 0 Å². The Hall–Kier alpha value is -3.88. The molecule has 0 aliphatic carbocycles. The van der Waals surface area contributed by atoms with Crippen molar-refractivity contribution in [3.05, 3.63) is 71.4 Å². The average Bonchev–Trinajstić information content (AvgIpc) is 3.32. The molecule has 1 atom stereocenters. The van der Waals surface area contributed by atoms with Crippen LogP contribution >= 0.6 is 0 Å². The van der Waals surface area contributed by atoms with Gasteiger partial charge < -0.3 is 4.74 Å². The SMILES string of the molecule is CCOC(=O)c1cnn(-c2nccnc2[C@@H](C)N2C(=O)c3ccccc3C2=O)c1. The van der Waals surface area contributed by atoms with Crippen molar-refractivity contribution in [1.82, 2.24) is 24.6 Å². The first kappa shape index (κ1) is 18.5. The van der Waals surface area contributed by atoms with E-state index in [1.165, 1.54) is 29.5 Å². The zero-order valence-corrected chi connectivity index (χ0v) is 15.8. The fourth-order valence-electron chi connectivity index (χ4n) is 3.25. The maximum atomic E-state index is 12.8. The minimum atomic E-state index is -0.693. The third-order valence-corrected chi connectivity index (χ3v) is 4.63. The lowest BCUT2D eigenvalue weighted by atomic mass is 10.1. The van der Waals surface area contributed by atoms with Crippen LogP contribution in [0.25, 0.3) is 5.82 Å². The number of nitrogens with zero attached hydrogens (tertiary/aromatic N) is 5. The average molecular weight is 391 g/mol. The Morgan fingerprint density at radius 1 is 1.10 bits per heavy atom. The third-order valence-electron chi connectivity index (χ3n) is 4.63. The van der Waals surface area contributed by atoms with Gasteiger partial charge in [0, 0.05) is 18.6 Å². The van der Waals surface area contributed by atoms with Crippen molar-refractivity contribution in [3.63, 3.8) is 0 Å². The van der Waals surface area contributed by atoms with Crippen molar-refractivity contribution in [1.29, 1.82) is 0 Å². The van der Waals surface area contributed by atoms with Gasteiger partial charge in [-0.25, -0.2) is 14.5 Å². The van der Waals surface area contributed by atoms with Gasteiger partial charge in [-0.2, -0.15) is 5.10 Å². The molecule has 0 unspecified atom stereocenters. The zero-order valence-electron chi connectivity index (χ0n) is 15.8. The Morgan fingerprint density at radius 3 is 2.41 bits per heavy atom. The summed E-state index contributed by atoms with van der Waals surface area (Å²) in [7, 11) is 0. The van der Waals surface area contributed by atoms with Gasteiger partial charge in [0.2, 0.25) is 0 Å². The predicted octanol–water partition coefficient (Wildman–Crippen LogP) is 2.20. The van der Waals surface area contributed by atoms with Crippen LogP contribution in [0.4, 0.5) is 0 Å². The number of benzene rings is 1. The van der Waals surface area contributed by atoms with Crippen molar-refractivity contribution in [2.45, 2.75) is 19.9 Å². The monoisotopic (exact) mass is 391 g/mol. The van der Waals surface area contributed by atoms with Gasteiger partial charge in [-0.05, 0) is 26.0 Å². The van der Waals surface area contributed by atoms with Crippen molar-refractivity contribution >= 4 is 17.8 Å². The first-order valence-electron chi connectivity index (χ1n) is 9.03. The normalized spacial score (nSPS) is 14.1. The summed E-state index contributed by atoms with van der Waals surface area (Å²) in [6.45, 7) is 3.66. The minimum absolute atomic E-state index is 0.247. The molecule has 2 amide bonds. The number of rotatable bonds is 5. The summed E-state index contributed by atoms with van der Waals surface area (Å²) in [4.78, 5) is 47.3. The Labute approximate surface area is 165 Å². The van der Waals surface area contributed by atoms with Crippen LogP contribution in [0.15, 0.2) is 49.1 Å². The summed E-state index contributed by atoms with van der Waals surface area (Å²) >= 11 is 0. The van der Waals surface area contributed by atoms with Crippen LogP contribution in [0.2, 0.25) is 0 Å². The molecule has 0 fully saturated rings. The molecule has 4 rings (SSSR count). The molecule has 0 spiro atoms. The van der Waals surface area contributed by atoms with Crippen LogP contribution in [-0.2, 0) is 4.74 Å². The lowest BCUT2D eigenvalue weighted by Gasteiger charge is -2.23. The highest BCUT2D eigenvalue weighted by atomic mass is 16.5. The molecule has 1 aliphatic heterocycles. The number of hydrogen-bond donors (Lipinski definition) is 0. The number of fused-ring (bicyclic) bond motifs is 1. The fraction of sp³-hybridized carbons (Fsp3) is 0.200. The molecule has 3 aromatic rings. The number of ether oxygens (including phenoxy) is 1. The number of amides is 2. The summed E-state index contributed by atoms with van der Waals surface area (Å²) in [6.07, 6.45) is 5.78. The Bertz CT molecular complexity index is 1090. The van der Waals surface area contributed by atoms with Crippen LogP contribution in [0.3, 0.4) is 0 Å². The van der Waals surface area contributed by atoms with Crippen molar-refractivity contribution in [3.8, 4) is 5.82 Å². The van der Waals surface area contributed by atoms with Crippen LogP contribution in [0, 0.1) is 0 Å². The molecule has 0 radical (unpaired) electrons. The number of hydrogen-bond acceptors (Lipinski definition) is 7. The van der Waals surface area contributed by atoms with Crippen LogP contribution in [0.1, 0.15) is 56.7 Å².